The van der Waals surface area contributed by atoms with Gasteiger partial charge < -0.3 is 10.2 Å². The first-order valence-corrected chi connectivity index (χ1v) is 10.6. The van der Waals surface area contributed by atoms with Crippen molar-refractivity contribution in [2.45, 2.75) is 69.6 Å². The lowest BCUT2D eigenvalue weighted by Crippen LogP contribution is -2.52. The number of nitrogens with one attached hydrogen (secondary N) is 1. The van der Waals surface area contributed by atoms with E-state index in [1.807, 2.05) is 0 Å². The van der Waals surface area contributed by atoms with E-state index in [4.69, 9.17) is 0 Å². The van der Waals surface area contributed by atoms with Crippen molar-refractivity contribution >= 4 is 11.4 Å². The fourth-order valence-corrected chi connectivity index (χ4v) is 6.15. The standard InChI is InChI=1S/C22H31FN3/c23-17-8-9-19-16(14-17)4-3-7-21(19)25-12-10-18(11-13-25)26-15-24-20-5-1-2-6-22(20)26/h1-2,5-6,15-19,21,24H,3-4,7-14H2. The molecular formula is C22H31FN3. The summed E-state index contributed by atoms with van der Waals surface area (Å²) in [4.78, 5) is 5.21. The van der Waals surface area contributed by atoms with Crippen LogP contribution in [0.15, 0.2) is 24.3 Å². The molecule has 2 heterocycles. The minimum atomic E-state index is -0.529. The normalized spacial score (nSPS) is 35.7. The van der Waals surface area contributed by atoms with Crippen LogP contribution in [0.5, 0.6) is 0 Å². The maximum Gasteiger partial charge on any atom is 0.139 e. The van der Waals surface area contributed by atoms with Crippen molar-refractivity contribution in [3.05, 3.63) is 30.9 Å². The van der Waals surface area contributed by atoms with Gasteiger partial charge in [0.25, 0.3) is 0 Å². The van der Waals surface area contributed by atoms with E-state index in [-0.39, 0.29) is 0 Å². The number of likely N-dealkylation sites (tertiary alicyclic amines) is 1. The molecule has 3 nitrogen and oxygen atoms in total. The first-order valence-electron chi connectivity index (χ1n) is 10.6. The maximum absolute atomic E-state index is 13.8. The van der Waals surface area contributed by atoms with Crippen LogP contribution < -0.4 is 10.2 Å². The molecule has 141 valence electrons. The minimum Gasteiger partial charge on any atom is -0.360 e. The smallest absolute Gasteiger partial charge is 0.139 e. The van der Waals surface area contributed by atoms with Gasteiger partial charge in [0, 0.05) is 25.2 Å². The molecule has 0 bridgehead atoms. The van der Waals surface area contributed by atoms with Crippen LogP contribution >= 0.6 is 0 Å². The highest BCUT2D eigenvalue weighted by molar-refractivity contribution is 5.77. The van der Waals surface area contributed by atoms with E-state index in [9.17, 15) is 4.39 Å². The molecule has 0 aromatic heterocycles. The Labute approximate surface area is 156 Å². The summed E-state index contributed by atoms with van der Waals surface area (Å²) in [6.07, 6.45) is 8.59. The quantitative estimate of drug-likeness (QED) is 0.820. The Morgan fingerprint density at radius 1 is 0.962 bits per heavy atom. The molecule has 0 spiro atoms. The zero-order valence-corrected chi connectivity index (χ0v) is 15.6. The van der Waals surface area contributed by atoms with Crippen LogP contribution in [0, 0.1) is 18.5 Å². The van der Waals surface area contributed by atoms with Gasteiger partial charge in [-0.15, -0.1) is 0 Å². The molecule has 4 unspecified atom stereocenters. The predicted octanol–water partition coefficient (Wildman–Crippen LogP) is 4.81. The third-order valence-electron chi connectivity index (χ3n) is 7.45. The largest absolute Gasteiger partial charge is 0.360 e. The van der Waals surface area contributed by atoms with E-state index in [0.717, 1.165) is 31.2 Å². The number of nitrogens with zero attached hydrogens (tertiary/aromatic N) is 2. The number of para-hydroxylation sites is 2. The molecule has 4 aliphatic rings. The summed E-state index contributed by atoms with van der Waals surface area (Å²) in [6, 6.07) is 9.92. The van der Waals surface area contributed by atoms with E-state index in [1.54, 1.807) is 0 Å². The number of benzene rings is 1. The van der Waals surface area contributed by atoms with Crippen LogP contribution in [0.4, 0.5) is 15.8 Å². The van der Waals surface area contributed by atoms with E-state index in [1.165, 1.54) is 56.6 Å². The van der Waals surface area contributed by atoms with E-state index in [0.29, 0.717) is 12.0 Å². The number of anilines is 2. The number of piperidine rings is 1. The Morgan fingerprint density at radius 2 is 1.81 bits per heavy atom. The monoisotopic (exact) mass is 356 g/mol. The third-order valence-corrected chi connectivity index (χ3v) is 7.45. The summed E-state index contributed by atoms with van der Waals surface area (Å²) in [6.45, 7) is 4.55. The first kappa shape index (κ1) is 16.9. The van der Waals surface area contributed by atoms with Crippen LogP contribution in [0.1, 0.15) is 51.4 Å². The van der Waals surface area contributed by atoms with E-state index < -0.39 is 6.17 Å². The third kappa shape index (κ3) is 3.00. The summed E-state index contributed by atoms with van der Waals surface area (Å²) in [5, 5.41) is 3.42. The lowest BCUT2D eigenvalue weighted by Gasteiger charge is -2.49. The van der Waals surface area contributed by atoms with E-state index >= 15 is 0 Å². The molecule has 2 aliphatic heterocycles. The van der Waals surface area contributed by atoms with Crippen molar-refractivity contribution in [3.8, 4) is 0 Å². The molecular weight excluding hydrogens is 325 g/mol. The van der Waals surface area contributed by atoms with Crippen molar-refractivity contribution in [2.24, 2.45) is 11.8 Å². The molecule has 0 amide bonds. The molecule has 5 rings (SSSR count). The number of hydrogen-bond donors (Lipinski definition) is 1. The molecule has 4 atom stereocenters. The zero-order chi connectivity index (χ0) is 17.5. The summed E-state index contributed by atoms with van der Waals surface area (Å²) in [5.74, 6) is 1.41. The molecule has 1 aromatic carbocycles. The second-order valence-electron chi connectivity index (χ2n) is 8.80. The van der Waals surface area contributed by atoms with Gasteiger partial charge in [-0.1, -0.05) is 18.6 Å². The van der Waals surface area contributed by atoms with Crippen LogP contribution in [0.2, 0.25) is 0 Å². The lowest BCUT2D eigenvalue weighted by atomic mass is 9.67. The summed E-state index contributed by atoms with van der Waals surface area (Å²) < 4.78 is 13.8. The Morgan fingerprint density at radius 3 is 2.69 bits per heavy atom. The Kier molecular flexibility index (Phi) is 4.56. The van der Waals surface area contributed by atoms with Gasteiger partial charge in [0.05, 0.1) is 11.4 Å². The minimum absolute atomic E-state index is 0.529. The first-order chi connectivity index (χ1) is 12.8. The van der Waals surface area contributed by atoms with Gasteiger partial charge >= 0.3 is 0 Å². The van der Waals surface area contributed by atoms with Gasteiger partial charge in [0.15, 0.2) is 0 Å². The summed E-state index contributed by atoms with van der Waals surface area (Å²) >= 11 is 0. The molecule has 1 N–H and O–H groups in total. The average Bonchev–Trinajstić information content (AvgIpc) is 3.11. The molecule has 2 saturated carbocycles. The SMILES string of the molecule is FC1CCC2C(CCCC2N2CCC(N3[CH]Nc4ccccc43)CC2)C1. The van der Waals surface area contributed by atoms with Gasteiger partial charge in [-0.25, -0.2) is 4.39 Å². The van der Waals surface area contributed by atoms with E-state index in [2.05, 4.69) is 46.1 Å². The molecule has 4 heteroatoms. The highest BCUT2D eigenvalue weighted by Gasteiger charge is 2.41. The van der Waals surface area contributed by atoms with Gasteiger partial charge in [-0.3, -0.25) is 4.90 Å². The molecule has 1 saturated heterocycles. The lowest BCUT2D eigenvalue weighted by molar-refractivity contribution is 0.00814. The van der Waals surface area contributed by atoms with Crippen molar-refractivity contribution in [2.75, 3.05) is 23.3 Å². The van der Waals surface area contributed by atoms with Crippen LogP contribution in [-0.2, 0) is 0 Å². The van der Waals surface area contributed by atoms with Gasteiger partial charge in [-0.2, -0.15) is 0 Å². The van der Waals surface area contributed by atoms with Gasteiger partial charge in [0.2, 0.25) is 0 Å². The van der Waals surface area contributed by atoms with Crippen LogP contribution in [-0.4, -0.2) is 36.2 Å². The summed E-state index contributed by atoms with van der Waals surface area (Å²) in [7, 11) is 0. The fraction of sp³-hybridized carbons (Fsp3) is 0.682. The maximum atomic E-state index is 13.8. The zero-order valence-electron chi connectivity index (χ0n) is 15.6. The number of fused-ring (bicyclic) bond motifs is 2. The number of alkyl halides is 1. The van der Waals surface area contributed by atoms with Gasteiger partial charge in [-0.05, 0) is 68.9 Å². The van der Waals surface area contributed by atoms with Crippen molar-refractivity contribution < 1.29 is 4.39 Å². The number of halogens is 1. The van der Waals surface area contributed by atoms with Crippen molar-refractivity contribution in [3.63, 3.8) is 0 Å². The summed E-state index contributed by atoms with van der Waals surface area (Å²) in [5.41, 5.74) is 2.55. The topological polar surface area (TPSA) is 18.5 Å². The molecule has 2 aliphatic carbocycles. The number of hydrogen-bond acceptors (Lipinski definition) is 3. The Bertz CT molecular complexity index is 628. The highest BCUT2D eigenvalue weighted by Crippen LogP contribution is 2.44. The average molecular weight is 357 g/mol. The second kappa shape index (κ2) is 7.03. The molecule has 1 aromatic rings. The molecule has 1 radical (unpaired) electrons. The van der Waals surface area contributed by atoms with Crippen LogP contribution in [0.25, 0.3) is 0 Å². The molecule has 26 heavy (non-hydrogen) atoms. The molecule has 3 fully saturated rings. The van der Waals surface area contributed by atoms with Crippen molar-refractivity contribution in [1.82, 2.24) is 4.90 Å². The highest BCUT2D eigenvalue weighted by atomic mass is 19.1. The Hall–Kier alpha value is -1.29. The number of rotatable bonds is 2. The Balaban J connectivity index is 1.22. The fourth-order valence-electron chi connectivity index (χ4n) is 6.15. The van der Waals surface area contributed by atoms with Crippen LogP contribution in [0.3, 0.4) is 0 Å². The van der Waals surface area contributed by atoms with Gasteiger partial charge in [0.1, 0.15) is 12.8 Å². The second-order valence-corrected chi connectivity index (χ2v) is 8.80. The van der Waals surface area contributed by atoms with Crippen molar-refractivity contribution in [1.29, 1.82) is 0 Å². The predicted molar refractivity (Wildman–Crippen MR) is 105 cm³/mol.